The minimum absolute atomic E-state index is 0.0103. The van der Waals surface area contributed by atoms with Gasteiger partial charge < -0.3 is 19.7 Å². The Morgan fingerprint density at radius 3 is 2.33 bits per heavy atom. The molecule has 0 saturated carbocycles. The molecule has 2 amide bonds. The van der Waals surface area contributed by atoms with Crippen molar-refractivity contribution in [1.82, 2.24) is 10.2 Å². The molecule has 0 aliphatic heterocycles. The molecule has 2 aromatic rings. The molecule has 1 atom stereocenters. The van der Waals surface area contributed by atoms with Crippen molar-refractivity contribution in [3.8, 4) is 11.5 Å². The maximum absolute atomic E-state index is 12.7. The number of amides is 2. The molecule has 6 heteroatoms. The Hall–Kier alpha value is -3.02. The van der Waals surface area contributed by atoms with Gasteiger partial charge in [-0.3, -0.25) is 9.59 Å². The Kier molecular flexibility index (Phi) is 9.19. The predicted molar refractivity (Wildman–Crippen MR) is 118 cm³/mol. The second kappa shape index (κ2) is 11.9. The zero-order chi connectivity index (χ0) is 21.9. The van der Waals surface area contributed by atoms with Crippen LogP contribution < -0.4 is 14.8 Å². The Morgan fingerprint density at radius 2 is 1.70 bits per heavy atom. The minimum atomic E-state index is -0.547. The quantitative estimate of drug-likeness (QED) is 0.613. The van der Waals surface area contributed by atoms with Gasteiger partial charge >= 0.3 is 0 Å². The number of rotatable bonds is 11. The van der Waals surface area contributed by atoms with Crippen LogP contribution in [0.2, 0.25) is 0 Å². The van der Waals surface area contributed by atoms with Crippen LogP contribution in [0.5, 0.6) is 11.5 Å². The average Bonchev–Trinajstić information content (AvgIpc) is 2.77. The zero-order valence-corrected chi connectivity index (χ0v) is 18.3. The third-order valence-electron chi connectivity index (χ3n) is 4.99. The lowest BCUT2D eigenvalue weighted by Gasteiger charge is -2.28. The number of nitrogens with zero attached hydrogens (tertiary/aromatic N) is 1. The molecule has 0 fully saturated rings. The summed E-state index contributed by atoms with van der Waals surface area (Å²) in [5.74, 6) is 1.17. The summed E-state index contributed by atoms with van der Waals surface area (Å²) in [7, 11) is 3.19. The third kappa shape index (κ3) is 6.51. The number of nitrogens with one attached hydrogen (secondary N) is 1. The van der Waals surface area contributed by atoms with Gasteiger partial charge in [0.05, 0.1) is 14.2 Å². The molecule has 0 heterocycles. The van der Waals surface area contributed by atoms with Crippen molar-refractivity contribution < 1.29 is 19.1 Å². The van der Waals surface area contributed by atoms with Crippen LogP contribution in [0.4, 0.5) is 0 Å². The predicted octanol–water partition coefficient (Wildman–Crippen LogP) is 3.58. The van der Waals surface area contributed by atoms with Crippen LogP contribution in [0, 0.1) is 0 Å². The summed E-state index contributed by atoms with van der Waals surface area (Å²) >= 11 is 0. The smallest absolute Gasteiger partial charge is 0.242 e. The fourth-order valence-corrected chi connectivity index (χ4v) is 3.23. The van der Waals surface area contributed by atoms with Gasteiger partial charge in [0.2, 0.25) is 11.8 Å². The molecular weight excluding hydrogens is 380 g/mol. The molecule has 2 rings (SSSR count). The molecular formula is C24H32N2O4. The van der Waals surface area contributed by atoms with Crippen LogP contribution >= 0.6 is 0 Å². The van der Waals surface area contributed by atoms with E-state index >= 15 is 0 Å². The van der Waals surface area contributed by atoms with Gasteiger partial charge in [0.15, 0.2) is 11.5 Å². The molecule has 0 unspecified atom stereocenters. The van der Waals surface area contributed by atoms with Crippen molar-refractivity contribution in [3.05, 3.63) is 59.7 Å². The van der Waals surface area contributed by atoms with Crippen LogP contribution in [0.3, 0.4) is 0 Å². The number of ether oxygens (including phenoxy) is 2. The normalized spacial score (nSPS) is 11.5. The molecule has 0 saturated heterocycles. The fraction of sp³-hybridized carbons (Fsp3) is 0.417. The van der Waals surface area contributed by atoms with Gasteiger partial charge in [-0.25, -0.2) is 0 Å². The summed E-state index contributed by atoms with van der Waals surface area (Å²) in [5.41, 5.74) is 2.04. The first-order chi connectivity index (χ1) is 14.5. The van der Waals surface area contributed by atoms with Gasteiger partial charge in [-0.2, -0.15) is 0 Å². The van der Waals surface area contributed by atoms with Gasteiger partial charge in [0, 0.05) is 19.5 Å². The first kappa shape index (κ1) is 23.3. The van der Waals surface area contributed by atoms with Crippen molar-refractivity contribution in [2.24, 2.45) is 0 Å². The Balaban J connectivity index is 1.98. The molecule has 6 nitrogen and oxygen atoms in total. The summed E-state index contributed by atoms with van der Waals surface area (Å²) in [6, 6.07) is 14.9. The van der Waals surface area contributed by atoms with Crippen molar-refractivity contribution in [2.45, 2.75) is 45.7 Å². The number of hydrogen-bond donors (Lipinski definition) is 1. The highest BCUT2D eigenvalue weighted by molar-refractivity contribution is 5.87. The van der Waals surface area contributed by atoms with Crippen LogP contribution in [0.15, 0.2) is 48.5 Å². The molecule has 0 aromatic heterocycles. The van der Waals surface area contributed by atoms with Gasteiger partial charge in [-0.05, 0) is 43.0 Å². The maximum atomic E-state index is 12.7. The average molecular weight is 413 g/mol. The SMILES string of the molecule is CCCC(=O)N(Cc1ccccc1)[C@@H](C)C(=O)NCCc1ccc(OC)c(OC)c1. The van der Waals surface area contributed by atoms with Crippen LogP contribution in [-0.2, 0) is 22.6 Å². The lowest BCUT2D eigenvalue weighted by molar-refractivity contribution is -0.140. The minimum Gasteiger partial charge on any atom is -0.493 e. The monoisotopic (exact) mass is 412 g/mol. The van der Waals surface area contributed by atoms with E-state index in [0.29, 0.717) is 37.4 Å². The molecule has 0 aliphatic carbocycles. The Bertz CT molecular complexity index is 823. The van der Waals surface area contributed by atoms with E-state index in [4.69, 9.17) is 9.47 Å². The third-order valence-corrected chi connectivity index (χ3v) is 4.99. The highest BCUT2D eigenvalue weighted by Gasteiger charge is 2.25. The summed E-state index contributed by atoms with van der Waals surface area (Å²) in [4.78, 5) is 27.0. The highest BCUT2D eigenvalue weighted by Crippen LogP contribution is 2.27. The molecule has 2 aromatic carbocycles. The van der Waals surface area contributed by atoms with E-state index in [1.807, 2.05) is 55.5 Å². The van der Waals surface area contributed by atoms with Crippen LogP contribution in [0.25, 0.3) is 0 Å². The number of hydrogen-bond acceptors (Lipinski definition) is 4. The fourth-order valence-electron chi connectivity index (χ4n) is 3.23. The second-order valence-electron chi connectivity index (χ2n) is 7.16. The van der Waals surface area contributed by atoms with Crippen LogP contribution in [0.1, 0.15) is 37.8 Å². The van der Waals surface area contributed by atoms with E-state index in [1.165, 1.54) is 0 Å². The van der Waals surface area contributed by atoms with Crippen LogP contribution in [-0.4, -0.2) is 43.5 Å². The number of methoxy groups -OCH3 is 2. The topological polar surface area (TPSA) is 67.9 Å². The molecule has 0 spiro atoms. The van der Waals surface area contributed by atoms with Crippen molar-refractivity contribution in [2.75, 3.05) is 20.8 Å². The molecule has 162 valence electrons. The van der Waals surface area contributed by atoms with E-state index in [0.717, 1.165) is 17.5 Å². The van der Waals surface area contributed by atoms with E-state index in [9.17, 15) is 9.59 Å². The van der Waals surface area contributed by atoms with E-state index in [1.54, 1.807) is 26.0 Å². The van der Waals surface area contributed by atoms with Gasteiger partial charge in [0.25, 0.3) is 0 Å². The summed E-state index contributed by atoms with van der Waals surface area (Å²) < 4.78 is 10.6. The second-order valence-corrected chi connectivity index (χ2v) is 7.16. The van der Waals surface area contributed by atoms with Gasteiger partial charge in [0.1, 0.15) is 6.04 Å². The Morgan fingerprint density at radius 1 is 1.00 bits per heavy atom. The number of carbonyl (C=O) groups excluding carboxylic acids is 2. The molecule has 1 N–H and O–H groups in total. The van der Waals surface area contributed by atoms with E-state index in [-0.39, 0.29) is 11.8 Å². The molecule has 0 aliphatic rings. The van der Waals surface area contributed by atoms with E-state index in [2.05, 4.69) is 5.32 Å². The Labute approximate surface area is 179 Å². The summed E-state index contributed by atoms with van der Waals surface area (Å²) in [6.45, 7) is 4.64. The van der Waals surface area contributed by atoms with Crippen molar-refractivity contribution >= 4 is 11.8 Å². The standard InChI is InChI=1S/C24H32N2O4/c1-5-9-23(27)26(17-20-10-7-6-8-11-20)18(2)24(28)25-15-14-19-12-13-21(29-3)22(16-19)30-4/h6-8,10-13,16,18H,5,9,14-15,17H2,1-4H3,(H,25,28)/t18-/m0/s1. The highest BCUT2D eigenvalue weighted by atomic mass is 16.5. The summed E-state index contributed by atoms with van der Waals surface area (Å²) in [6.07, 6.45) is 1.83. The first-order valence-electron chi connectivity index (χ1n) is 10.3. The van der Waals surface area contributed by atoms with Gasteiger partial charge in [-0.15, -0.1) is 0 Å². The summed E-state index contributed by atoms with van der Waals surface area (Å²) in [5, 5.41) is 2.96. The molecule has 0 bridgehead atoms. The first-order valence-corrected chi connectivity index (χ1v) is 10.3. The lowest BCUT2D eigenvalue weighted by Crippen LogP contribution is -2.47. The molecule has 30 heavy (non-hydrogen) atoms. The zero-order valence-electron chi connectivity index (χ0n) is 18.3. The van der Waals surface area contributed by atoms with Gasteiger partial charge in [-0.1, -0.05) is 43.3 Å². The number of benzene rings is 2. The number of carbonyl (C=O) groups is 2. The lowest BCUT2D eigenvalue weighted by atomic mass is 10.1. The maximum Gasteiger partial charge on any atom is 0.242 e. The van der Waals surface area contributed by atoms with Crippen molar-refractivity contribution in [3.63, 3.8) is 0 Å². The van der Waals surface area contributed by atoms with E-state index < -0.39 is 6.04 Å². The molecule has 0 radical (unpaired) electrons. The largest absolute Gasteiger partial charge is 0.493 e. The van der Waals surface area contributed by atoms with Crippen molar-refractivity contribution in [1.29, 1.82) is 0 Å².